The van der Waals surface area contributed by atoms with Crippen LogP contribution in [-0.2, 0) is 20.2 Å². The molecule has 108 valence electrons. The third kappa shape index (κ3) is 2.83. The Kier molecular flexibility index (Phi) is 4.39. The van der Waals surface area contributed by atoms with Crippen LogP contribution in [-0.4, -0.2) is 9.78 Å². The van der Waals surface area contributed by atoms with Crippen LogP contribution in [0.25, 0.3) is 0 Å². The molecule has 0 fully saturated rings. The number of rotatable bonds is 4. The fourth-order valence-corrected chi connectivity index (χ4v) is 2.30. The predicted octanol–water partition coefficient (Wildman–Crippen LogP) is 2.81. The van der Waals surface area contributed by atoms with Gasteiger partial charge in [0.15, 0.2) is 17.4 Å². The van der Waals surface area contributed by atoms with E-state index in [2.05, 4.69) is 21.0 Å². The second-order valence-electron chi connectivity index (χ2n) is 4.35. The maximum atomic E-state index is 13.8. The average molecular weight is 346 g/mol. The number of halogens is 3. The van der Waals surface area contributed by atoms with Gasteiger partial charge >= 0.3 is 0 Å². The van der Waals surface area contributed by atoms with E-state index < -0.39 is 17.4 Å². The van der Waals surface area contributed by atoms with Crippen LogP contribution in [0.4, 0.5) is 8.78 Å². The van der Waals surface area contributed by atoms with Crippen molar-refractivity contribution in [1.29, 1.82) is 0 Å². The second-order valence-corrected chi connectivity index (χ2v) is 5.14. The van der Waals surface area contributed by atoms with Gasteiger partial charge in [0, 0.05) is 13.6 Å². The van der Waals surface area contributed by atoms with Gasteiger partial charge in [-0.1, -0.05) is 0 Å². The highest BCUT2D eigenvalue weighted by atomic mass is 79.9. The van der Waals surface area contributed by atoms with E-state index in [1.165, 1.54) is 12.1 Å². The number of ether oxygens (including phenoxy) is 1. The van der Waals surface area contributed by atoms with Crippen molar-refractivity contribution in [2.75, 3.05) is 0 Å². The van der Waals surface area contributed by atoms with Crippen molar-refractivity contribution in [3.63, 3.8) is 0 Å². The molecule has 0 aliphatic rings. The third-order valence-corrected chi connectivity index (χ3v) is 3.94. The molecule has 0 atom stereocenters. The summed E-state index contributed by atoms with van der Waals surface area (Å²) in [6, 6.07) is 2.34. The van der Waals surface area contributed by atoms with Gasteiger partial charge in [-0.25, -0.2) is 8.78 Å². The highest BCUT2D eigenvalue weighted by molar-refractivity contribution is 9.10. The lowest BCUT2D eigenvalue weighted by molar-refractivity contribution is 0.264. The van der Waals surface area contributed by atoms with Gasteiger partial charge in [-0.2, -0.15) is 5.10 Å². The van der Waals surface area contributed by atoms with E-state index in [1.807, 2.05) is 6.92 Å². The zero-order valence-corrected chi connectivity index (χ0v) is 12.7. The number of aromatic nitrogens is 2. The monoisotopic (exact) mass is 345 g/mol. The molecule has 1 aromatic heterocycles. The molecule has 1 aromatic carbocycles. The Hall–Kier alpha value is -1.47. The lowest BCUT2D eigenvalue weighted by Crippen LogP contribution is -2.07. The van der Waals surface area contributed by atoms with E-state index in [4.69, 9.17) is 10.5 Å². The maximum Gasteiger partial charge on any atom is 0.191 e. The SMILES string of the molecule is Cc1nn(C)c(COc2c(F)cc(CN)cc2F)c1Br. The van der Waals surface area contributed by atoms with E-state index in [0.29, 0.717) is 11.3 Å². The molecule has 4 nitrogen and oxygen atoms in total. The quantitative estimate of drug-likeness (QED) is 0.926. The van der Waals surface area contributed by atoms with Crippen molar-refractivity contribution in [1.82, 2.24) is 9.78 Å². The molecule has 0 amide bonds. The first-order chi connectivity index (χ1) is 9.43. The first-order valence-electron chi connectivity index (χ1n) is 5.92. The summed E-state index contributed by atoms with van der Waals surface area (Å²) in [5.74, 6) is -1.94. The van der Waals surface area contributed by atoms with Crippen molar-refractivity contribution < 1.29 is 13.5 Å². The number of hydrogen-bond acceptors (Lipinski definition) is 3. The van der Waals surface area contributed by atoms with E-state index in [9.17, 15) is 8.78 Å². The molecule has 7 heteroatoms. The second kappa shape index (κ2) is 5.88. The van der Waals surface area contributed by atoms with Crippen molar-refractivity contribution in [2.24, 2.45) is 12.8 Å². The van der Waals surface area contributed by atoms with Gasteiger partial charge in [-0.15, -0.1) is 0 Å². The Bertz CT molecular complexity index is 620. The standard InChI is InChI=1S/C13H14BrF2N3O/c1-7-12(14)11(19(2)18-7)6-20-13-9(15)3-8(5-17)4-10(13)16/h3-4H,5-6,17H2,1-2H3. The van der Waals surface area contributed by atoms with Crippen molar-refractivity contribution in [3.8, 4) is 5.75 Å². The number of hydrogen-bond donors (Lipinski definition) is 1. The van der Waals surface area contributed by atoms with Crippen LogP contribution < -0.4 is 10.5 Å². The zero-order chi connectivity index (χ0) is 14.9. The Labute approximate surface area is 123 Å². The molecule has 0 saturated heterocycles. The van der Waals surface area contributed by atoms with Gasteiger partial charge in [-0.05, 0) is 40.5 Å². The number of aryl methyl sites for hydroxylation is 2. The first kappa shape index (κ1) is 14.9. The van der Waals surface area contributed by atoms with E-state index in [-0.39, 0.29) is 13.2 Å². The fraction of sp³-hybridized carbons (Fsp3) is 0.308. The van der Waals surface area contributed by atoms with E-state index >= 15 is 0 Å². The van der Waals surface area contributed by atoms with Crippen LogP contribution in [0.3, 0.4) is 0 Å². The smallest absolute Gasteiger partial charge is 0.191 e. The molecule has 2 aromatic rings. The Morgan fingerprint density at radius 1 is 1.35 bits per heavy atom. The number of nitrogens with two attached hydrogens (primary N) is 1. The molecule has 0 aliphatic heterocycles. The summed E-state index contributed by atoms with van der Waals surface area (Å²) in [6.07, 6.45) is 0. The Morgan fingerprint density at radius 2 is 1.95 bits per heavy atom. The van der Waals surface area contributed by atoms with Gasteiger partial charge in [0.05, 0.1) is 15.9 Å². The van der Waals surface area contributed by atoms with Gasteiger partial charge in [0.25, 0.3) is 0 Å². The first-order valence-corrected chi connectivity index (χ1v) is 6.72. The highest BCUT2D eigenvalue weighted by Crippen LogP contribution is 2.26. The molecule has 0 bridgehead atoms. The highest BCUT2D eigenvalue weighted by Gasteiger charge is 2.16. The number of nitrogens with zero attached hydrogens (tertiary/aromatic N) is 2. The minimum atomic E-state index is -0.763. The summed E-state index contributed by atoms with van der Waals surface area (Å²) in [5.41, 5.74) is 7.21. The minimum Gasteiger partial charge on any atom is -0.481 e. The van der Waals surface area contributed by atoms with E-state index in [1.54, 1.807) is 11.7 Å². The zero-order valence-electron chi connectivity index (χ0n) is 11.1. The van der Waals surface area contributed by atoms with Crippen LogP contribution in [0.15, 0.2) is 16.6 Å². The molecule has 0 radical (unpaired) electrons. The summed E-state index contributed by atoms with van der Waals surface area (Å²) in [5, 5.41) is 4.18. The summed E-state index contributed by atoms with van der Waals surface area (Å²) >= 11 is 3.37. The van der Waals surface area contributed by atoms with E-state index in [0.717, 1.165) is 10.2 Å². The molecule has 2 rings (SSSR count). The van der Waals surface area contributed by atoms with Crippen molar-refractivity contribution >= 4 is 15.9 Å². The minimum absolute atomic E-state index is 0.00767. The third-order valence-electron chi connectivity index (χ3n) is 2.91. The van der Waals surface area contributed by atoms with Crippen LogP contribution in [0, 0.1) is 18.6 Å². The molecule has 2 N–H and O–H groups in total. The molecule has 0 saturated carbocycles. The lowest BCUT2D eigenvalue weighted by Gasteiger charge is -2.10. The average Bonchev–Trinajstić information content (AvgIpc) is 2.63. The topological polar surface area (TPSA) is 53.1 Å². The molecular weight excluding hydrogens is 332 g/mol. The molecule has 1 heterocycles. The van der Waals surface area contributed by atoms with Gasteiger partial charge in [-0.3, -0.25) is 4.68 Å². The van der Waals surface area contributed by atoms with Crippen molar-refractivity contribution in [3.05, 3.63) is 45.2 Å². The molecular formula is C13H14BrF2N3O. The Morgan fingerprint density at radius 3 is 2.40 bits per heavy atom. The van der Waals surface area contributed by atoms with Crippen LogP contribution in [0.1, 0.15) is 17.0 Å². The maximum absolute atomic E-state index is 13.8. The van der Waals surface area contributed by atoms with Gasteiger partial charge in [0.1, 0.15) is 6.61 Å². The molecule has 0 spiro atoms. The predicted molar refractivity (Wildman–Crippen MR) is 74.2 cm³/mol. The Balaban J connectivity index is 2.23. The molecule has 0 aliphatic carbocycles. The van der Waals surface area contributed by atoms with Gasteiger partial charge in [0.2, 0.25) is 0 Å². The normalized spacial score (nSPS) is 10.9. The summed E-state index contributed by atoms with van der Waals surface area (Å²) in [4.78, 5) is 0. The van der Waals surface area contributed by atoms with Crippen LogP contribution >= 0.6 is 15.9 Å². The fourth-order valence-electron chi connectivity index (χ4n) is 1.85. The van der Waals surface area contributed by atoms with Crippen LogP contribution in [0.2, 0.25) is 0 Å². The number of benzene rings is 1. The van der Waals surface area contributed by atoms with Crippen LogP contribution in [0.5, 0.6) is 5.75 Å². The van der Waals surface area contributed by atoms with Crippen molar-refractivity contribution in [2.45, 2.75) is 20.1 Å². The summed E-state index contributed by atoms with van der Waals surface area (Å²) in [7, 11) is 1.74. The summed E-state index contributed by atoms with van der Waals surface area (Å²) in [6.45, 7) is 1.90. The largest absolute Gasteiger partial charge is 0.481 e. The summed E-state index contributed by atoms with van der Waals surface area (Å²) < 4.78 is 35.1. The van der Waals surface area contributed by atoms with Gasteiger partial charge < -0.3 is 10.5 Å². The molecule has 0 unspecified atom stereocenters. The molecule has 20 heavy (non-hydrogen) atoms. The lowest BCUT2D eigenvalue weighted by atomic mass is 10.2.